The number of phenolic OH excluding ortho intramolecular Hbond substituents is 3. The number of benzene rings is 3. The Kier molecular flexibility index (Phi) is 19.9. The predicted octanol–water partition coefficient (Wildman–Crippen LogP) is -1.33. The molecule has 9 amide bonds. The van der Waals surface area contributed by atoms with Gasteiger partial charge in [0.2, 0.25) is 53.2 Å². The zero-order chi connectivity index (χ0) is 52.6. The monoisotopic (exact) mass is 999 g/mol. The van der Waals surface area contributed by atoms with Gasteiger partial charge in [-0.2, -0.15) is 0 Å². The maximum Gasteiger partial charge on any atom is 0.246 e. The average molecular weight is 1000 g/mol. The largest absolute Gasteiger partial charge is 0.508 e. The molecular formula is C50H65N9O13. The maximum absolute atomic E-state index is 14.7. The zero-order valence-corrected chi connectivity index (χ0v) is 40.6. The SMILES string of the molecule is CC(C)C[C@@H]1NC(=O)[C@H](C(C)C)NC(=O)CNC(=O)CNC(=O)[C@@H]2CCCN2C(=O)[C@H](Cc2ccc(O)cc2)NC(=O)[C@H](Cc2ccc(O)cc2)NC(=O)[C@H](Cc2ccc(O)cc2)NC(=O)[C@H](CO)NC1=O. The van der Waals surface area contributed by atoms with Crippen molar-refractivity contribution in [2.24, 2.45) is 11.8 Å². The summed E-state index contributed by atoms with van der Waals surface area (Å²) in [4.78, 5) is 126. The molecule has 3 aromatic rings. The Morgan fingerprint density at radius 3 is 1.39 bits per heavy atom. The van der Waals surface area contributed by atoms with Crippen LogP contribution in [0.15, 0.2) is 72.8 Å². The Morgan fingerprint density at radius 1 is 0.500 bits per heavy atom. The van der Waals surface area contributed by atoms with Gasteiger partial charge in [-0.25, -0.2) is 0 Å². The van der Waals surface area contributed by atoms with E-state index in [2.05, 4.69) is 42.5 Å². The van der Waals surface area contributed by atoms with Crippen LogP contribution in [-0.2, 0) is 62.4 Å². The number of hydrogen-bond acceptors (Lipinski definition) is 13. The Balaban J connectivity index is 1.55. The van der Waals surface area contributed by atoms with Gasteiger partial charge in [-0.15, -0.1) is 0 Å². The lowest BCUT2D eigenvalue weighted by Gasteiger charge is -2.30. The number of aliphatic hydroxyl groups is 1. The molecule has 0 unspecified atom stereocenters. The molecule has 388 valence electrons. The third-order valence-corrected chi connectivity index (χ3v) is 12.1. The van der Waals surface area contributed by atoms with E-state index in [1.54, 1.807) is 27.7 Å². The Labute approximate surface area is 416 Å². The molecule has 5 rings (SSSR count). The number of aromatic hydroxyl groups is 3. The van der Waals surface area contributed by atoms with E-state index in [1.807, 2.05) is 0 Å². The number of phenols is 3. The minimum absolute atomic E-state index is 0.0499. The third kappa shape index (κ3) is 16.2. The lowest BCUT2D eigenvalue weighted by atomic mass is 9.99. The molecule has 22 nitrogen and oxygen atoms in total. The molecule has 0 bridgehead atoms. The molecule has 2 aliphatic heterocycles. The molecule has 2 aliphatic rings. The van der Waals surface area contributed by atoms with Gasteiger partial charge >= 0.3 is 0 Å². The molecule has 0 spiro atoms. The molecule has 0 saturated carbocycles. The highest BCUT2D eigenvalue weighted by Crippen LogP contribution is 2.22. The van der Waals surface area contributed by atoms with Crippen LogP contribution < -0.4 is 42.5 Å². The smallest absolute Gasteiger partial charge is 0.246 e. The summed E-state index contributed by atoms with van der Waals surface area (Å²) in [5, 5.41) is 61.1. The molecular weight excluding hydrogens is 935 g/mol. The van der Waals surface area contributed by atoms with E-state index in [-0.39, 0.29) is 61.8 Å². The van der Waals surface area contributed by atoms with E-state index in [0.717, 1.165) is 0 Å². The first-order valence-corrected chi connectivity index (χ1v) is 23.8. The molecule has 2 heterocycles. The number of amides is 9. The average Bonchev–Trinajstić information content (AvgIpc) is 3.84. The highest BCUT2D eigenvalue weighted by atomic mass is 16.3. The van der Waals surface area contributed by atoms with Crippen molar-refractivity contribution in [3.63, 3.8) is 0 Å². The number of carbonyl (C=O) groups excluding carboxylic acids is 9. The standard InChI is InChI=1S/C50H65N9O13/c1-27(2)20-35-44(66)57-39(26-60)47(69)54-36(21-29-7-13-32(61)14-8-29)45(67)53-37(22-30-9-15-33(62)16-10-30)46(68)56-38(23-31-11-17-34(63)18-12-31)50(72)59-19-5-6-40(59)48(70)52-24-41(64)51-25-42(65)58-43(28(3)4)49(71)55-35/h7-18,27-28,35-40,43,60-63H,5-6,19-26H2,1-4H3,(H,51,64)(H,52,70)(H,53,67)(H,54,69)(H,55,71)(H,56,68)(H,57,66)(H,58,65)/t35-,36-,37-,38-,39-,40-,43-/m0/s1. The van der Waals surface area contributed by atoms with Crippen LogP contribution in [0, 0.1) is 11.8 Å². The van der Waals surface area contributed by atoms with Gasteiger partial charge in [0.25, 0.3) is 0 Å². The predicted molar refractivity (Wildman–Crippen MR) is 259 cm³/mol. The second-order valence-electron chi connectivity index (χ2n) is 18.7. The molecule has 7 atom stereocenters. The molecule has 12 N–H and O–H groups in total. The van der Waals surface area contributed by atoms with Crippen LogP contribution in [0.2, 0.25) is 0 Å². The van der Waals surface area contributed by atoms with Gasteiger partial charge in [0.05, 0.1) is 19.7 Å². The molecule has 0 aromatic heterocycles. The second-order valence-corrected chi connectivity index (χ2v) is 18.7. The van der Waals surface area contributed by atoms with Gasteiger partial charge in [-0.05, 0) is 84.2 Å². The van der Waals surface area contributed by atoms with Crippen LogP contribution in [0.4, 0.5) is 0 Å². The topological polar surface area (TPSA) is 334 Å². The molecule has 2 saturated heterocycles. The minimum Gasteiger partial charge on any atom is -0.508 e. The Bertz CT molecular complexity index is 2420. The number of rotatable bonds is 10. The fraction of sp³-hybridized carbons (Fsp3) is 0.460. The lowest BCUT2D eigenvalue weighted by molar-refractivity contribution is -0.142. The van der Waals surface area contributed by atoms with Crippen LogP contribution in [0.1, 0.15) is 63.6 Å². The number of hydrogen-bond donors (Lipinski definition) is 12. The first kappa shape index (κ1) is 55.2. The summed E-state index contributed by atoms with van der Waals surface area (Å²) in [6.45, 7) is 4.78. The van der Waals surface area contributed by atoms with Crippen LogP contribution in [-0.4, -0.2) is 147 Å². The molecule has 0 aliphatic carbocycles. The first-order chi connectivity index (χ1) is 34.2. The normalized spacial score (nSPS) is 23.9. The van der Waals surface area contributed by atoms with Crippen molar-refractivity contribution >= 4 is 53.2 Å². The molecule has 2 fully saturated rings. The van der Waals surface area contributed by atoms with Gasteiger partial charge in [0.15, 0.2) is 0 Å². The van der Waals surface area contributed by atoms with Crippen LogP contribution in [0.3, 0.4) is 0 Å². The van der Waals surface area contributed by atoms with Crippen molar-refractivity contribution in [3.8, 4) is 17.2 Å². The van der Waals surface area contributed by atoms with E-state index in [0.29, 0.717) is 23.1 Å². The number of fused-ring (bicyclic) bond motifs is 1. The number of nitrogens with zero attached hydrogens (tertiary/aromatic N) is 1. The summed E-state index contributed by atoms with van der Waals surface area (Å²) < 4.78 is 0. The summed E-state index contributed by atoms with van der Waals surface area (Å²) in [5.41, 5.74) is 1.39. The lowest BCUT2D eigenvalue weighted by Crippen LogP contribution is -2.61. The maximum atomic E-state index is 14.7. The van der Waals surface area contributed by atoms with E-state index >= 15 is 0 Å². The summed E-state index contributed by atoms with van der Waals surface area (Å²) in [6.07, 6.45) is 0.0232. The van der Waals surface area contributed by atoms with Crippen LogP contribution in [0.5, 0.6) is 17.2 Å². The fourth-order valence-electron chi connectivity index (χ4n) is 8.26. The zero-order valence-electron chi connectivity index (χ0n) is 40.6. The van der Waals surface area contributed by atoms with Crippen molar-refractivity contribution in [3.05, 3.63) is 89.5 Å². The molecule has 0 radical (unpaired) electrons. The van der Waals surface area contributed by atoms with E-state index in [9.17, 15) is 63.6 Å². The van der Waals surface area contributed by atoms with Crippen molar-refractivity contribution in [1.82, 2.24) is 47.4 Å². The highest BCUT2D eigenvalue weighted by molar-refractivity contribution is 5.99. The Hall–Kier alpha value is -7.75. The summed E-state index contributed by atoms with van der Waals surface area (Å²) in [7, 11) is 0. The van der Waals surface area contributed by atoms with Gasteiger partial charge in [0.1, 0.15) is 59.5 Å². The van der Waals surface area contributed by atoms with Crippen molar-refractivity contribution in [2.45, 2.75) is 109 Å². The van der Waals surface area contributed by atoms with Crippen LogP contribution >= 0.6 is 0 Å². The van der Waals surface area contributed by atoms with Crippen molar-refractivity contribution in [2.75, 3.05) is 26.2 Å². The number of nitrogens with one attached hydrogen (secondary N) is 8. The van der Waals surface area contributed by atoms with Crippen molar-refractivity contribution in [1.29, 1.82) is 0 Å². The summed E-state index contributed by atoms with van der Waals surface area (Å²) in [5.74, 6) is -8.35. The molecule has 72 heavy (non-hydrogen) atoms. The van der Waals surface area contributed by atoms with E-state index in [1.165, 1.54) is 77.7 Å². The summed E-state index contributed by atoms with van der Waals surface area (Å²) >= 11 is 0. The number of aliphatic hydroxyl groups excluding tert-OH is 1. The first-order valence-electron chi connectivity index (χ1n) is 23.8. The number of carbonyl (C=O) groups is 9. The highest BCUT2D eigenvalue weighted by Gasteiger charge is 2.40. The quantitative estimate of drug-likeness (QED) is 0.112. The van der Waals surface area contributed by atoms with Gasteiger partial charge in [-0.3, -0.25) is 43.2 Å². The van der Waals surface area contributed by atoms with E-state index < -0.39 is 121 Å². The van der Waals surface area contributed by atoms with Crippen molar-refractivity contribution < 1.29 is 63.6 Å². The summed E-state index contributed by atoms with van der Waals surface area (Å²) in [6, 6.07) is 7.63. The molecule has 3 aromatic carbocycles. The van der Waals surface area contributed by atoms with Gasteiger partial charge < -0.3 is 67.9 Å². The van der Waals surface area contributed by atoms with Gasteiger partial charge in [-0.1, -0.05) is 64.1 Å². The third-order valence-electron chi connectivity index (χ3n) is 12.1. The second kappa shape index (κ2) is 25.9. The van der Waals surface area contributed by atoms with E-state index in [4.69, 9.17) is 0 Å². The van der Waals surface area contributed by atoms with Crippen LogP contribution in [0.25, 0.3) is 0 Å². The Morgan fingerprint density at radius 2 is 0.917 bits per heavy atom. The molecule has 22 heteroatoms. The minimum atomic E-state index is -1.69. The fourth-order valence-corrected chi connectivity index (χ4v) is 8.26. The van der Waals surface area contributed by atoms with Gasteiger partial charge in [0, 0.05) is 25.8 Å².